The normalized spacial score (nSPS) is 20.1. The number of hydrogen-bond acceptors (Lipinski definition) is 6. The van der Waals surface area contributed by atoms with Crippen molar-refractivity contribution in [3.8, 4) is 0 Å². The van der Waals surface area contributed by atoms with Gasteiger partial charge in [0.2, 0.25) is 20.1 Å². The maximum absolute atomic E-state index is 11.9. The molecule has 1 saturated heterocycles. The maximum atomic E-state index is 11.9. The van der Waals surface area contributed by atoms with E-state index in [1.54, 1.807) is 0 Å². The number of carbonyl (C=O) groups is 1. The lowest BCUT2D eigenvalue weighted by molar-refractivity contribution is -0.117. The molecule has 1 atom stereocenters. The molecule has 20 heavy (non-hydrogen) atoms. The highest BCUT2D eigenvalue weighted by Gasteiger charge is 2.39. The van der Waals surface area contributed by atoms with E-state index in [-0.39, 0.29) is 18.9 Å². The van der Waals surface area contributed by atoms with Crippen molar-refractivity contribution in [2.45, 2.75) is 44.3 Å². The van der Waals surface area contributed by atoms with Gasteiger partial charge >= 0.3 is 0 Å². The molecule has 1 amide bonds. The lowest BCUT2D eigenvalue weighted by Crippen LogP contribution is -2.26. The van der Waals surface area contributed by atoms with Crippen molar-refractivity contribution in [3.05, 3.63) is 5.01 Å². The van der Waals surface area contributed by atoms with Gasteiger partial charge in [0.15, 0.2) is 0 Å². The quantitative estimate of drug-likeness (QED) is 0.769. The minimum atomic E-state index is -3.73. The Morgan fingerprint density at radius 2 is 2.05 bits per heavy atom. The highest BCUT2D eigenvalue weighted by Crippen LogP contribution is 2.33. The van der Waals surface area contributed by atoms with Crippen LogP contribution in [0, 0.1) is 0 Å². The first-order valence-electron chi connectivity index (χ1n) is 6.44. The lowest BCUT2D eigenvalue weighted by atomic mass is 10.1. The summed E-state index contributed by atoms with van der Waals surface area (Å²) < 4.78 is 22.6. The number of halogens is 1. The molecular formula is C11H16ClN3O3S2. The van der Waals surface area contributed by atoms with Crippen LogP contribution in [0.5, 0.6) is 0 Å². The zero-order chi connectivity index (χ0) is 14.9. The topological polar surface area (TPSA) is 80.2 Å². The molecular weight excluding hydrogens is 322 g/mol. The molecule has 0 saturated carbocycles. The molecule has 2 rings (SSSR count). The van der Waals surface area contributed by atoms with E-state index in [1.807, 2.05) is 0 Å². The number of anilines is 1. The Morgan fingerprint density at radius 1 is 1.40 bits per heavy atom. The fraction of sp³-hybridized carbons (Fsp3) is 0.727. The van der Waals surface area contributed by atoms with Gasteiger partial charge in [-0.1, -0.05) is 25.2 Å². The molecule has 0 spiro atoms. The molecule has 0 N–H and O–H groups in total. The summed E-state index contributed by atoms with van der Waals surface area (Å²) in [5.41, 5.74) is 0. The first-order chi connectivity index (χ1) is 9.36. The molecule has 1 fully saturated rings. The Balaban J connectivity index is 2.19. The number of aromatic nitrogens is 2. The third-order valence-electron chi connectivity index (χ3n) is 3.48. The molecule has 1 aliphatic rings. The fourth-order valence-corrected chi connectivity index (χ4v) is 4.35. The number of carbonyl (C=O) groups excluding carboxylic acids is 1. The average Bonchev–Trinajstić information content (AvgIpc) is 2.96. The molecule has 0 radical (unpaired) electrons. The largest absolute Gasteiger partial charge is 0.285 e. The molecule has 1 unspecified atom stereocenters. The Bertz CT molecular complexity index is 598. The van der Waals surface area contributed by atoms with Crippen molar-refractivity contribution in [1.82, 2.24) is 10.2 Å². The third kappa shape index (κ3) is 3.12. The molecule has 0 bridgehead atoms. The molecule has 6 nitrogen and oxygen atoms in total. The predicted molar refractivity (Wildman–Crippen MR) is 78.8 cm³/mol. The average molecular weight is 338 g/mol. The standard InChI is InChI=1S/C11H16ClN3O3S2/c1-3-7(4-2)10-13-14-11(19-10)15-6-8(5-9(15)16)20(12,17)18/h7-8H,3-6H2,1-2H3. The molecule has 0 aromatic carbocycles. The van der Waals surface area contributed by atoms with E-state index in [1.165, 1.54) is 16.2 Å². The van der Waals surface area contributed by atoms with E-state index in [0.29, 0.717) is 11.0 Å². The van der Waals surface area contributed by atoms with E-state index >= 15 is 0 Å². The zero-order valence-electron chi connectivity index (χ0n) is 11.2. The Labute approximate surface area is 126 Å². The van der Waals surface area contributed by atoms with Crippen LogP contribution in [0.2, 0.25) is 0 Å². The molecule has 0 aliphatic carbocycles. The van der Waals surface area contributed by atoms with Crippen LogP contribution in [0.3, 0.4) is 0 Å². The summed E-state index contributed by atoms with van der Waals surface area (Å²) in [5, 5.41) is 8.61. The summed E-state index contributed by atoms with van der Waals surface area (Å²) in [6, 6.07) is 0. The Kier molecular flexibility index (Phi) is 4.66. The van der Waals surface area contributed by atoms with E-state index < -0.39 is 14.3 Å². The van der Waals surface area contributed by atoms with Gasteiger partial charge in [0, 0.05) is 29.6 Å². The number of nitrogens with zero attached hydrogens (tertiary/aromatic N) is 3. The van der Waals surface area contributed by atoms with Crippen molar-refractivity contribution >= 4 is 42.1 Å². The van der Waals surface area contributed by atoms with Crippen LogP contribution in [0.4, 0.5) is 5.13 Å². The van der Waals surface area contributed by atoms with Crippen LogP contribution in [0.1, 0.15) is 44.0 Å². The predicted octanol–water partition coefficient (Wildman–Crippen LogP) is 2.12. The van der Waals surface area contributed by atoms with Crippen LogP contribution in [-0.2, 0) is 13.8 Å². The SMILES string of the molecule is CCC(CC)c1nnc(N2CC(S(=O)(=O)Cl)CC2=O)s1. The van der Waals surface area contributed by atoms with Crippen LogP contribution < -0.4 is 4.90 Å². The zero-order valence-corrected chi connectivity index (χ0v) is 13.6. The molecule has 9 heteroatoms. The van der Waals surface area contributed by atoms with Gasteiger partial charge in [-0.15, -0.1) is 10.2 Å². The maximum Gasteiger partial charge on any atom is 0.237 e. The van der Waals surface area contributed by atoms with Gasteiger partial charge in [-0.2, -0.15) is 0 Å². The van der Waals surface area contributed by atoms with Crippen molar-refractivity contribution in [2.24, 2.45) is 0 Å². The molecule has 2 heterocycles. The van der Waals surface area contributed by atoms with Gasteiger partial charge in [0.05, 0.1) is 0 Å². The van der Waals surface area contributed by atoms with Gasteiger partial charge in [-0.25, -0.2) is 8.42 Å². The van der Waals surface area contributed by atoms with Crippen molar-refractivity contribution in [3.63, 3.8) is 0 Å². The second-order valence-corrected chi connectivity index (χ2v) is 8.64. The first kappa shape index (κ1) is 15.7. The van der Waals surface area contributed by atoms with E-state index in [2.05, 4.69) is 24.0 Å². The van der Waals surface area contributed by atoms with Crippen LogP contribution in [0.25, 0.3) is 0 Å². The fourth-order valence-electron chi connectivity index (χ4n) is 2.19. The number of amides is 1. The van der Waals surface area contributed by atoms with Gasteiger partial charge < -0.3 is 0 Å². The highest BCUT2D eigenvalue weighted by atomic mass is 35.7. The van der Waals surface area contributed by atoms with E-state index in [9.17, 15) is 13.2 Å². The second kappa shape index (κ2) is 5.95. The van der Waals surface area contributed by atoms with Crippen molar-refractivity contribution < 1.29 is 13.2 Å². The van der Waals surface area contributed by atoms with Gasteiger partial charge in [-0.3, -0.25) is 9.69 Å². The lowest BCUT2D eigenvalue weighted by Gasteiger charge is -2.11. The molecule has 1 aromatic heterocycles. The molecule has 1 aliphatic heterocycles. The van der Waals surface area contributed by atoms with Crippen molar-refractivity contribution in [1.29, 1.82) is 0 Å². The summed E-state index contributed by atoms with van der Waals surface area (Å²) >= 11 is 1.35. The van der Waals surface area contributed by atoms with Crippen molar-refractivity contribution in [2.75, 3.05) is 11.4 Å². The molecule has 1 aromatic rings. The third-order valence-corrected chi connectivity index (χ3v) is 6.46. The second-order valence-electron chi connectivity index (χ2n) is 4.74. The van der Waals surface area contributed by atoms with E-state index in [4.69, 9.17) is 10.7 Å². The number of rotatable bonds is 5. The summed E-state index contributed by atoms with van der Waals surface area (Å²) in [4.78, 5) is 13.3. The summed E-state index contributed by atoms with van der Waals surface area (Å²) in [7, 11) is 1.59. The Morgan fingerprint density at radius 3 is 2.55 bits per heavy atom. The highest BCUT2D eigenvalue weighted by molar-refractivity contribution is 8.14. The summed E-state index contributed by atoms with van der Waals surface area (Å²) in [6.45, 7) is 4.21. The van der Waals surface area contributed by atoms with Gasteiger partial charge in [-0.05, 0) is 12.8 Å². The molecule has 112 valence electrons. The number of hydrogen-bond donors (Lipinski definition) is 0. The first-order valence-corrected chi connectivity index (χ1v) is 9.62. The van der Waals surface area contributed by atoms with Crippen LogP contribution >= 0.6 is 22.0 Å². The van der Waals surface area contributed by atoms with Gasteiger partial charge in [0.25, 0.3) is 0 Å². The van der Waals surface area contributed by atoms with Crippen LogP contribution in [0.15, 0.2) is 0 Å². The minimum Gasteiger partial charge on any atom is -0.285 e. The monoisotopic (exact) mass is 337 g/mol. The minimum absolute atomic E-state index is 0.0578. The Hall–Kier alpha value is -0.730. The summed E-state index contributed by atoms with van der Waals surface area (Å²) in [5.74, 6) is 0.0537. The van der Waals surface area contributed by atoms with E-state index in [0.717, 1.165) is 17.8 Å². The smallest absolute Gasteiger partial charge is 0.237 e. The van der Waals surface area contributed by atoms with Gasteiger partial charge in [0.1, 0.15) is 10.3 Å². The van der Waals surface area contributed by atoms with Crippen LogP contribution in [-0.4, -0.2) is 36.3 Å². The summed E-state index contributed by atoms with van der Waals surface area (Å²) in [6.07, 6.45) is 1.82.